The van der Waals surface area contributed by atoms with E-state index in [4.69, 9.17) is 0 Å². The molecule has 0 atom stereocenters. The highest BCUT2D eigenvalue weighted by Gasteiger charge is 2.24. The Bertz CT molecular complexity index is 727. The fourth-order valence-electron chi connectivity index (χ4n) is 1.47. The molecule has 2 nitrogen and oxygen atoms in total. The van der Waals surface area contributed by atoms with Crippen LogP contribution in [-0.4, -0.2) is 8.42 Å². The molecule has 2 rings (SSSR count). The number of hydrogen-bond acceptors (Lipinski definition) is 2. The van der Waals surface area contributed by atoms with Gasteiger partial charge in [0.2, 0.25) is 9.84 Å². The standard InChI is InChI=1S/C12H6Br4O2S/c13-8-6-9(11(15)12(16)10(8)14)19(17,18)7-4-2-1-3-5-7/h1-6H. The molecule has 0 amide bonds. The van der Waals surface area contributed by atoms with Crippen molar-refractivity contribution in [3.8, 4) is 0 Å². The Morgan fingerprint density at radius 3 is 1.95 bits per heavy atom. The predicted octanol–water partition coefficient (Wildman–Crippen LogP) is 5.57. The van der Waals surface area contributed by atoms with Gasteiger partial charge < -0.3 is 0 Å². The number of hydrogen-bond donors (Lipinski definition) is 0. The third kappa shape index (κ3) is 3.00. The maximum absolute atomic E-state index is 12.6. The summed E-state index contributed by atoms with van der Waals surface area (Å²) in [6, 6.07) is 9.90. The van der Waals surface area contributed by atoms with Crippen molar-refractivity contribution in [1.29, 1.82) is 0 Å². The Labute approximate surface area is 145 Å². The molecule has 0 aliphatic rings. The van der Waals surface area contributed by atoms with E-state index < -0.39 is 9.84 Å². The van der Waals surface area contributed by atoms with E-state index in [1.54, 1.807) is 36.4 Å². The van der Waals surface area contributed by atoms with Gasteiger partial charge in [-0.3, -0.25) is 0 Å². The van der Waals surface area contributed by atoms with Crippen LogP contribution in [0.25, 0.3) is 0 Å². The van der Waals surface area contributed by atoms with Crippen LogP contribution in [0.15, 0.2) is 64.1 Å². The lowest BCUT2D eigenvalue weighted by atomic mass is 10.4. The minimum atomic E-state index is -3.56. The maximum atomic E-state index is 12.6. The van der Waals surface area contributed by atoms with Crippen LogP contribution in [0.5, 0.6) is 0 Å². The fraction of sp³-hybridized carbons (Fsp3) is 0. The van der Waals surface area contributed by atoms with Gasteiger partial charge in [0.05, 0.1) is 14.3 Å². The van der Waals surface area contributed by atoms with E-state index in [1.807, 2.05) is 0 Å². The normalized spacial score (nSPS) is 11.6. The highest BCUT2D eigenvalue weighted by atomic mass is 79.9. The molecule has 0 aliphatic carbocycles. The van der Waals surface area contributed by atoms with Crippen molar-refractivity contribution in [1.82, 2.24) is 0 Å². The molecule has 100 valence electrons. The Hall–Kier alpha value is 0.310. The second-order valence-electron chi connectivity index (χ2n) is 3.61. The molecule has 0 spiro atoms. The monoisotopic (exact) mass is 530 g/mol. The predicted molar refractivity (Wildman–Crippen MR) is 89.1 cm³/mol. The first-order chi connectivity index (χ1) is 8.85. The second kappa shape index (κ2) is 5.97. The molecule has 0 saturated carbocycles. The lowest BCUT2D eigenvalue weighted by Crippen LogP contribution is -2.03. The summed E-state index contributed by atoms with van der Waals surface area (Å²) in [4.78, 5) is 0.470. The average molecular weight is 534 g/mol. The molecule has 7 heteroatoms. The first kappa shape index (κ1) is 15.7. The molecular weight excluding hydrogens is 528 g/mol. The number of sulfone groups is 1. The summed E-state index contributed by atoms with van der Waals surface area (Å²) in [6.07, 6.45) is 0. The van der Waals surface area contributed by atoms with Crippen LogP contribution in [0.1, 0.15) is 0 Å². The van der Waals surface area contributed by atoms with Crippen LogP contribution in [0, 0.1) is 0 Å². The summed E-state index contributed by atoms with van der Waals surface area (Å²) >= 11 is 13.4. The zero-order valence-electron chi connectivity index (χ0n) is 9.20. The van der Waals surface area contributed by atoms with Crippen molar-refractivity contribution in [3.05, 3.63) is 54.3 Å². The summed E-state index contributed by atoms with van der Waals surface area (Å²) in [7, 11) is -3.56. The molecule has 0 radical (unpaired) electrons. The van der Waals surface area contributed by atoms with E-state index in [9.17, 15) is 8.42 Å². The molecule has 2 aromatic carbocycles. The first-order valence-electron chi connectivity index (χ1n) is 4.99. The Kier molecular flexibility index (Phi) is 4.93. The summed E-state index contributed by atoms with van der Waals surface area (Å²) < 4.78 is 27.7. The van der Waals surface area contributed by atoms with Gasteiger partial charge in [-0.05, 0) is 81.9 Å². The van der Waals surface area contributed by atoms with E-state index in [0.29, 0.717) is 13.4 Å². The number of halogens is 4. The second-order valence-corrected chi connectivity index (χ2v) is 8.77. The third-order valence-corrected chi connectivity index (χ3v) is 9.13. The van der Waals surface area contributed by atoms with Gasteiger partial charge in [-0.2, -0.15) is 0 Å². The summed E-state index contributed by atoms with van der Waals surface area (Å²) in [6.45, 7) is 0. The van der Waals surface area contributed by atoms with Crippen molar-refractivity contribution in [3.63, 3.8) is 0 Å². The zero-order valence-corrected chi connectivity index (χ0v) is 16.4. The quantitative estimate of drug-likeness (QED) is 0.374. The van der Waals surface area contributed by atoms with Crippen LogP contribution in [0.3, 0.4) is 0 Å². The lowest BCUT2D eigenvalue weighted by molar-refractivity contribution is 0.595. The minimum absolute atomic E-state index is 0.209. The third-order valence-electron chi connectivity index (χ3n) is 2.41. The van der Waals surface area contributed by atoms with Gasteiger partial charge in [0.1, 0.15) is 0 Å². The van der Waals surface area contributed by atoms with Crippen LogP contribution >= 0.6 is 63.7 Å². The zero-order chi connectivity index (χ0) is 14.2. The molecule has 0 aromatic heterocycles. The van der Waals surface area contributed by atoms with E-state index in [1.165, 1.54) is 0 Å². The number of benzene rings is 2. The first-order valence-corrected chi connectivity index (χ1v) is 9.64. The largest absolute Gasteiger partial charge is 0.218 e. The lowest BCUT2D eigenvalue weighted by Gasteiger charge is -2.11. The Balaban J connectivity index is 2.73. The molecule has 0 N–H and O–H groups in total. The van der Waals surface area contributed by atoms with Crippen LogP contribution in [-0.2, 0) is 9.84 Å². The van der Waals surface area contributed by atoms with Crippen molar-refractivity contribution in [2.45, 2.75) is 9.79 Å². The SMILES string of the molecule is O=S(=O)(c1ccccc1)c1cc(Br)c(Br)c(Br)c1Br. The molecule has 0 saturated heterocycles. The Morgan fingerprint density at radius 2 is 1.37 bits per heavy atom. The molecule has 0 aliphatic heterocycles. The highest BCUT2D eigenvalue weighted by Crippen LogP contribution is 2.42. The number of rotatable bonds is 2. The molecule has 0 unspecified atom stereocenters. The van der Waals surface area contributed by atoms with Gasteiger partial charge >= 0.3 is 0 Å². The summed E-state index contributed by atoms with van der Waals surface area (Å²) in [5.41, 5.74) is 0. The molecular formula is C12H6Br4O2S. The summed E-state index contributed by atoms with van der Waals surface area (Å²) in [5.74, 6) is 0. The van der Waals surface area contributed by atoms with Gasteiger partial charge in [0.25, 0.3) is 0 Å². The van der Waals surface area contributed by atoms with Gasteiger partial charge in [0.15, 0.2) is 0 Å². The Morgan fingerprint density at radius 1 is 0.789 bits per heavy atom. The van der Waals surface area contributed by atoms with Gasteiger partial charge in [-0.1, -0.05) is 18.2 Å². The van der Waals surface area contributed by atoms with Crippen LogP contribution < -0.4 is 0 Å². The minimum Gasteiger partial charge on any atom is -0.218 e. The van der Waals surface area contributed by atoms with E-state index in [0.717, 1.165) is 4.47 Å². The molecule has 0 fully saturated rings. The highest BCUT2D eigenvalue weighted by molar-refractivity contribution is 9.15. The molecule has 0 heterocycles. The van der Waals surface area contributed by atoms with Crippen molar-refractivity contribution in [2.24, 2.45) is 0 Å². The fourth-order valence-corrected chi connectivity index (χ4v) is 5.79. The van der Waals surface area contributed by atoms with Gasteiger partial charge in [-0.25, -0.2) is 8.42 Å². The summed E-state index contributed by atoms with van der Waals surface area (Å²) in [5, 5.41) is 0. The molecule has 0 bridgehead atoms. The van der Waals surface area contributed by atoms with Crippen molar-refractivity contribution in [2.75, 3.05) is 0 Å². The average Bonchev–Trinajstić information content (AvgIpc) is 2.41. The van der Waals surface area contributed by atoms with Crippen molar-refractivity contribution < 1.29 is 8.42 Å². The molecule has 2 aromatic rings. The van der Waals surface area contributed by atoms with Crippen LogP contribution in [0.2, 0.25) is 0 Å². The van der Waals surface area contributed by atoms with Gasteiger partial charge in [-0.15, -0.1) is 0 Å². The van der Waals surface area contributed by atoms with Crippen LogP contribution in [0.4, 0.5) is 0 Å². The van der Waals surface area contributed by atoms with E-state index >= 15 is 0 Å². The van der Waals surface area contributed by atoms with Crippen molar-refractivity contribution >= 4 is 73.6 Å². The van der Waals surface area contributed by atoms with Gasteiger partial charge in [0, 0.05) is 13.4 Å². The maximum Gasteiger partial charge on any atom is 0.207 e. The smallest absolute Gasteiger partial charge is 0.207 e. The van der Waals surface area contributed by atoms with E-state index in [2.05, 4.69) is 63.7 Å². The topological polar surface area (TPSA) is 34.1 Å². The van der Waals surface area contributed by atoms with E-state index in [-0.39, 0.29) is 9.79 Å². The molecule has 19 heavy (non-hydrogen) atoms.